The van der Waals surface area contributed by atoms with E-state index in [1.54, 1.807) is 31.3 Å². The standard InChI is InChI=1S/C14H12N2O5S/c1-16-13(19)9(15-14(16)22-6-12(17)18)4-8-2-3-10-11(5-8)21-7-20-10/h2-5H,6-7H2,1H3,(H,17,18)/b9-4-. The number of amidine groups is 1. The predicted molar refractivity (Wildman–Crippen MR) is 80.8 cm³/mol. The Hall–Kier alpha value is -2.48. The minimum absolute atomic E-state index is 0.145. The van der Waals surface area contributed by atoms with Gasteiger partial charge in [0, 0.05) is 7.05 Å². The lowest BCUT2D eigenvalue weighted by Gasteiger charge is -2.09. The number of rotatable bonds is 3. The van der Waals surface area contributed by atoms with Gasteiger partial charge in [0.2, 0.25) is 6.79 Å². The Morgan fingerprint density at radius 1 is 1.45 bits per heavy atom. The molecule has 0 unspecified atom stereocenters. The van der Waals surface area contributed by atoms with Gasteiger partial charge in [-0.05, 0) is 23.8 Å². The molecule has 0 bridgehead atoms. The van der Waals surface area contributed by atoms with Gasteiger partial charge < -0.3 is 14.6 Å². The summed E-state index contributed by atoms with van der Waals surface area (Å²) in [7, 11) is 1.57. The van der Waals surface area contributed by atoms with Crippen molar-refractivity contribution in [3.8, 4) is 11.5 Å². The Morgan fingerprint density at radius 2 is 2.23 bits per heavy atom. The van der Waals surface area contributed by atoms with E-state index in [0.29, 0.717) is 16.7 Å². The number of aliphatic imine (C=N–C) groups is 1. The SMILES string of the molecule is CN1C(=O)/C(=C/c2ccc3c(c2)OCO3)N=C1SCC(=O)O. The lowest BCUT2D eigenvalue weighted by atomic mass is 10.1. The highest BCUT2D eigenvalue weighted by Crippen LogP contribution is 2.33. The molecule has 2 aliphatic heterocycles. The molecule has 0 aliphatic carbocycles. The third-order valence-corrected chi connectivity index (χ3v) is 4.07. The van der Waals surface area contributed by atoms with Crippen molar-refractivity contribution in [3.63, 3.8) is 0 Å². The topological polar surface area (TPSA) is 88.4 Å². The van der Waals surface area contributed by atoms with E-state index < -0.39 is 5.97 Å². The van der Waals surface area contributed by atoms with Gasteiger partial charge in [0.15, 0.2) is 16.7 Å². The molecule has 0 saturated carbocycles. The first kappa shape index (κ1) is 14.5. The lowest BCUT2D eigenvalue weighted by molar-refractivity contribution is -0.134. The maximum absolute atomic E-state index is 12.1. The van der Waals surface area contributed by atoms with Gasteiger partial charge >= 0.3 is 5.97 Å². The summed E-state index contributed by atoms with van der Waals surface area (Å²) in [6.45, 7) is 0.186. The summed E-state index contributed by atoms with van der Waals surface area (Å²) in [5.41, 5.74) is 1.02. The molecule has 1 N–H and O–H groups in total. The average molecular weight is 320 g/mol. The van der Waals surface area contributed by atoms with Gasteiger partial charge in [-0.2, -0.15) is 0 Å². The van der Waals surface area contributed by atoms with Crippen LogP contribution >= 0.6 is 11.8 Å². The van der Waals surface area contributed by atoms with E-state index in [-0.39, 0.29) is 24.2 Å². The molecule has 0 atom stereocenters. The largest absolute Gasteiger partial charge is 0.481 e. The van der Waals surface area contributed by atoms with Crippen molar-refractivity contribution in [2.45, 2.75) is 0 Å². The van der Waals surface area contributed by atoms with Crippen molar-refractivity contribution in [1.29, 1.82) is 0 Å². The van der Waals surface area contributed by atoms with Gasteiger partial charge in [-0.25, -0.2) is 4.99 Å². The van der Waals surface area contributed by atoms with E-state index in [1.807, 2.05) is 0 Å². The molecule has 0 spiro atoms. The van der Waals surface area contributed by atoms with Gasteiger partial charge in [-0.3, -0.25) is 14.5 Å². The number of fused-ring (bicyclic) bond motifs is 1. The quantitative estimate of drug-likeness (QED) is 0.847. The molecule has 0 fully saturated rings. The van der Waals surface area contributed by atoms with Crippen LogP contribution in [0.5, 0.6) is 11.5 Å². The van der Waals surface area contributed by atoms with Crippen molar-refractivity contribution in [3.05, 3.63) is 29.5 Å². The third-order valence-electron chi connectivity index (χ3n) is 3.05. The Morgan fingerprint density at radius 3 is 3.00 bits per heavy atom. The number of hydrogen-bond acceptors (Lipinski definition) is 6. The number of likely N-dealkylation sites (N-methyl/N-ethyl adjacent to an activating group) is 1. The number of amides is 1. The van der Waals surface area contributed by atoms with E-state index in [2.05, 4.69) is 4.99 Å². The Labute approximate surface area is 130 Å². The zero-order chi connectivity index (χ0) is 15.7. The highest BCUT2D eigenvalue weighted by Gasteiger charge is 2.27. The molecule has 2 aliphatic rings. The van der Waals surface area contributed by atoms with Crippen molar-refractivity contribution in [2.24, 2.45) is 4.99 Å². The van der Waals surface area contributed by atoms with E-state index in [1.165, 1.54) is 4.90 Å². The van der Waals surface area contributed by atoms with Crippen LogP contribution in [0.3, 0.4) is 0 Å². The van der Waals surface area contributed by atoms with Crippen molar-refractivity contribution in [2.75, 3.05) is 19.6 Å². The molecule has 1 aromatic carbocycles. The number of carboxylic acids is 1. The number of benzene rings is 1. The smallest absolute Gasteiger partial charge is 0.313 e. The van der Waals surface area contributed by atoms with Crippen LogP contribution in [0, 0.1) is 0 Å². The minimum Gasteiger partial charge on any atom is -0.481 e. The Balaban J connectivity index is 1.84. The first-order chi connectivity index (χ1) is 10.5. The normalized spacial score (nSPS) is 18.0. The van der Waals surface area contributed by atoms with Crippen molar-refractivity contribution < 1.29 is 24.2 Å². The molecule has 7 nitrogen and oxygen atoms in total. The summed E-state index contributed by atoms with van der Waals surface area (Å²) in [4.78, 5) is 28.3. The number of thioether (sulfide) groups is 1. The average Bonchev–Trinajstić information content (AvgIpc) is 3.05. The van der Waals surface area contributed by atoms with Gasteiger partial charge in [-0.1, -0.05) is 17.8 Å². The molecule has 0 saturated heterocycles. The molecule has 3 rings (SSSR count). The minimum atomic E-state index is -0.957. The number of aliphatic carboxylic acids is 1. The van der Waals surface area contributed by atoms with Crippen LogP contribution in [-0.2, 0) is 9.59 Å². The van der Waals surface area contributed by atoms with Crippen LogP contribution < -0.4 is 9.47 Å². The number of carboxylic acid groups (broad SMARTS) is 1. The second-order valence-corrected chi connectivity index (χ2v) is 5.53. The first-order valence-electron chi connectivity index (χ1n) is 6.37. The van der Waals surface area contributed by atoms with Crippen LogP contribution in [0.1, 0.15) is 5.56 Å². The van der Waals surface area contributed by atoms with Gasteiger partial charge in [-0.15, -0.1) is 0 Å². The second kappa shape index (κ2) is 5.72. The fourth-order valence-corrected chi connectivity index (χ4v) is 2.69. The lowest BCUT2D eigenvalue weighted by Crippen LogP contribution is -2.26. The number of carbonyl (C=O) groups excluding carboxylic acids is 1. The summed E-state index contributed by atoms with van der Waals surface area (Å²) in [6, 6.07) is 5.33. The molecule has 2 heterocycles. The fourth-order valence-electron chi connectivity index (χ4n) is 1.99. The number of nitrogens with zero attached hydrogens (tertiary/aromatic N) is 2. The zero-order valence-electron chi connectivity index (χ0n) is 11.6. The molecule has 0 aromatic heterocycles. The summed E-state index contributed by atoms with van der Waals surface area (Å²) in [5, 5.41) is 9.07. The molecule has 1 aromatic rings. The molecule has 22 heavy (non-hydrogen) atoms. The summed E-state index contributed by atoms with van der Waals surface area (Å²) >= 11 is 1.01. The fraction of sp³-hybridized carbons (Fsp3) is 0.214. The monoisotopic (exact) mass is 320 g/mol. The Kier molecular flexibility index (Phi) is 3.76. The van der Waals surface area contributed by atoms with Crippen LogP contribution in [0.4, 0.5) is 0 Å². The van der Waals surface area contributed by atoms with Crippen LogP contribution in [0.15, 0.2) is 28.9 Å². The summed E-state index contributed by atoms with van der Waals surface area (Å²) in [5.74, 6) is -0.0866. The maximum atomic E-state index is 12.1. The van der Waals surface area contributed by atoms with E-state index in [4.69, 9.17) is 14.6 Å². The van der Waals surface area contributed by atoms with E-state index >= 15 is 0 Å². The highest BCUT2D eigenvalue weighted by molar-refractivity contribution is 8.14. The number of ether oxygens (including phenoxy) is 2. The first-order valence-corrected chi connectivity index (χ1v) is 7.36. The van der Waals surface area contributed by atoms with Gasteiger partial charge in [0.25, 0.3) is 5.91 Å². The van der Waals surface area contributed by atoms with Crippen LogP contribution in [0.2, 0.25) is 0 Å². The summed E-state index contributed by atoms with van der Waals surface area (Å²) in [6.07, 6.45) is 1.63. The van der Waals surface area contributed by atoms with Gasteiger partial charge in [0.1, 0.15) is 5.70 Å². The van der Waals surface area contributed by atoms with Crippen molar-refractivity contribution in [1.82, 2.24) is 4.90 Å². The Bertz CT molecular complexity index is 713. The van der Waals surface area contributed by atoms with Crippen molar-refractivity contribution >= 4 is 34.9 Å². The van der Waals surface area contributed by atoms with E-state index in [0.717, 1.165) is 17.3 Å². The van der Waals surface area contributed by atoms with E-state index in [9.17, 15) is 9.59 Å². The molecule has 8 heteroatoms. The van der Waals surface area contributed by atoms with Crippen LogP contribution in [0.25, 0.3) is 6.08 Å². The molecule has 0 radical (unpaired) electrons. The predicted octanol–water partition coefficient (Wildman–Crippen LogP) is 1.40. The third kappa shape index (κ3) is 2.77. The van der Waals surface area contributed by atoms with Crippen LogP contribution in [-0.4, -0.2) is 46.6 Å². The van der Waals surface area contributed by atoms with Gasteiger partial charge in [0.05, 0.1) is 5.75 Å². The molecule has 1 amide bonds. The molecular formula is C14H12N2O5S. The number of hydrogen-bond donors (Lipinski definition) is 1. The highest BCUT2D eigenvalue weighted by atomic mass is 32.2. The second-order valence-electron chi connectivity index (χ2n) is 4.58. The zero-order valence-corrected chi connectivity index (χ0v) is 12.4. The maximum Gasteiger partial charge on any atom is 0.313 e. The molecular weight excluding hydrogens is 308 g/mol. The summed E-state index contributed by atoms with van der Waals surface area (Å²) < 4.78 is 10.5. The molecule has 114 valence electrons. The number of carbonyl (C=O) groups is 2.